The second kappa shape index (κ2) is 6.88. The van der Waals surface area contributed by atoms with Gasteiger partial charge in [-0.15, -0.1) is 0 Å². The molecule has 1 aromatic heterocycles. The number of halogens is 1. The molecule has 2 N–H and O–H groups in total. The topological polar surface area (TPSA) is 62.2 Å². The molecule has 2 heterocycles. The van der Waals surface area contributed by atoms with E-state index in [1.165, 1.54) is 4.68 Å². The Bertz CT molecular complexity index is 470. The molecule has 1 aliphatic heterocycles. The van der Waals surface area contributed by atoms with Crippen LogP contribution in [0.15, 0.2) is 11.0 Å². The Morgan fingerprint density at radius 3 is 2.95 bits per heavy atom. The number of rotatable bonds is 5. The van der Waals surface area contributed by atoms with Crippen LogP contribution in [0.25, 0.3) is 0 Å². The summed E-state index contributed by atoms with van der Waals surface area (Å²) >= 11 is 5.97. The van der Waals surface area contributed by atoms with E-state index in [2.05, 4.69) is 20.6 Å². The van der Waals surface area contributed by atoms with Gasteiger partial charge in [-0.05, 0) is 13.0 Å². The molecule has 0 unspecified atom stereocenters. The fourth-order valence-electron chi connectivity index (χ4n) is 2.09. The largest absolute Gasteiger partial charge is 0.382 e. The van der Waals surface area contributed by atoms with Crippen LogP contribution in [0.5, 0.6) is 0 Å². The summed E-state index contributed by atoms with van der Waals surface area (Å²) in [7, 11) is 1.59. The summed E-state index contributed by atoms with van der Waals surface area (Å²) < 4.78 is 1.23. The lowest BCUT2D eigenvalue weighted by atomic mass is 10.3. The summed E-state index contributed by atoms with van der Waals surface area (Å²) in [6, 6.07) is 0. The molecule has 19 heavy (non-hydrogen) atoms. The van der Waals surface area contributed by atoms with Crippen molar-refractivity contribution >= 4 is 17.3 Å². The van der Waals surface area contributed by atoms with E-state index in [-0.39, 0.29) is 10.6 Å². The van der Waals surface area contributed by atoms with E-state index < -0.39 is 0 Å². The molecule has 1 fully saturated rings. The van der Waals surface area contributed by atoms with E-state index in [9.17, 15) is 4.79 Å². The first kappa shape index (κ1) is 14.3. The highest BCUT2D eigenvalue weighted by atomic mass is 35.5. The maximum absolute atomic E-state index is 11.6. The Balaban J connectivity index is 1.76. The summed E-state index contributed by atoms with van der Waals surface area (Å²) in [5, 5.41) is 10.7. The van der Waals surface area contributed by atoms with Crippen molar-refractivity contribution in [3.63, 3.8) is 0 Å². The summed E-state index contributed by atoms with van der Waals surface area (Å²) in [4.78, 5) is 14.0. The van der Waals surface area contributed by atoms with Crippen molar-refractivity contribution in [3.05, 3.63) is 21.6 Å². The normalized spacial score (nSPS) is 16.5. The van der Waals surface area contributed by atoms with Crippen LogP contribution < -0.4 is 16.2 Å². The number of hydrogen-bond donors (Lipinski definition) is 2. The van der Waals surface area contributed by atoms with E-state index in [0.29, 0.717) is 5.69 Å². The number of nitrogens with one attached hydrogen (secondary N) is 2. The van der Waals surface area contributed by atoms with E-state index in [4.69, 9.17) is 11.6 Å². The molecule has 1 aliphatic rings. The molecule has 7 heteroatoms. The minimum Gasteiger partial charge on any atom is -0.382 e. The van der Waals surface area contributed by atoms with Crippen LogP contribution in [-0.2, 0) is 7.05 Å². The molecule has 1 aromatic rings. The van der Waals surface area contributed by atoms with Crippen LogP contribution in [0.3, 0.4) is 0 Å². The van der Waals surface area contributed by atoms with Gasteiger partial charge in [0.25, 0.3) is 5.56 Å². The zero-order valence-electron chi connectivity index (χ0n) is 11.2. The van der Waals surface area contributed by atoms with Gasteiger partial charge in [0.15, 0.2) is 0 Å². The fourth-order valence-corrected chi connectivity index (χ4v) is 2.33. The first-order chi connectivity index (χ1) is 9.18. The quantitative estimate of drug-likeness (QED) is 0.754. The third-order valence-electron chi connectivity index (χ3n) is 3.25. The number of piperazine rings is 1. The number of nitrogens with zero attached hydrogens (tertiary/aromatic N) is 3. The van der Waals surface area contributed by atoms with Gasteiger partial charge in [-0.25, -0.2) is 4.68 Å². The van der Waals surface area contributed by atoms with Crippen molar-refractivity contribution in [3.8, 4) is 0 Å². The highest BCUT2D eigenvalue weighted by Crippen LogP contribution is 2.14. The summed E-state index contributed by atoms with van der Waals surface area (Å²) in [5.41, 5.74) is 0.346. The standard InChI is InChI=1S/C12H20ClN5O/c1-17-12(19)11(13)10(9-16-17)15-3-2-6-18-7-4-14-5-8-18/h9,14-15H,2-8H2,1H3. The van der Waals surface area contributed by atoms with Gasteiger partial charge in [0.05, 0.1) is 11.9 Å². The third-order valence-corrected chi connectivity index (χ3v) is 3.62. The highest BCUT2D eigenvalue weighted by molar-refractivity contribution is 6.32. The van der Waals surface area contributed by atoms with Crippen LogP contribution in [0, 0.1) is 0 Å². The van der Waals surface area contributed by atoms with Gasteiger partial charge in [-0.2, -0.15) is 5.10 Å². The molecule has 1 saturated heterocycles. The van der Waals surface area contributed by atoms with Gasteiger partial charge in [-0.1, -0.05) is 11.6 Å². The minimum atomic E-state index is -0.270. The molecule has 6 nitrogen and oxygen atoms in total. The second-order valence-corrected chi connectivity index (χ2v) is 5.05. The number of hydrogen-bond acceptors (Lipinski definition) is 5. The lowest BCUT2D eigenvalue weighted by Crippen LogP contribution is -2.44. The van der Waals surface area contributed by atoms with Crippen molar-refractivity contribution in [2.45, 2.75) is 6.42 Å². The Hall–Kier alpha value is -1.11. The summed E-state index contributed by atoms with van der Waals surface area (Å²) in [5.74, 6) is 0. The summed E-state index contributed by atoms with van der Waals surface area (Å²) in [6.07, 6.45) is 2.61. The second-order valence-electron chi connectivity index (χ2n) is 4.67. The lowest BCUT2D eigenvalue weighted by molar-refractivity contribution is 0.240. The average Bonchev–Trinajstić information content (AvgIpc) is 2.44. The number of aromatic nitrogens is 2. The molecule has 0 bridgehead atoms. The average molecular weight is 286 g/mol. The SMILES string of the molecule is Cn1ncc(NCCCN2CCNCC2)c(Cl)c1=O. The maximum Gasteiger partial charge on any atom is 0.287 e. The van der Waals surface area contributed by atoms with Gasteiger partial charge in [0.1, 0.15) is 5.02 Å². The molecular weight excluding hydrogens is 266 g/mol. The molecule has 0 radical (unpaired) electrons. The Kier molecular flexibility index (Phi) is 5.18. The third kappa shape index (κ3) is 3.92. The van der Waals surface area contributed by atoms with Gasteiger partial charge in [0, 0.05) is 39.8 Å². The number of anilines is 1. The lowest BCUT2D eigenvalue weighted by Gasteiger charge is -2.27. The van der Waals surface area contributed by atoms with Crippen molar-refractivity contribution < 1.29 is 0 Å². The number of aryl methyl sites for hydroxylation is 1. The van der Waals surface area contributed by atoms with E-state index in [1.807, 2.05) is 0 Å². The van der Waals surface area contributed by atoms with Crippen LogP contribution in [-0.4, -0.2) is 53.9 Å². The molecule has 2 rings (SSSR count). The molecule has 0 spiro atoms. The Labute approximate surface area is 117 Å². The minimum absolute atomic E-state index is 0.208. The van der Waals surface area contributed by atoms with Crippen LogP contribution in [0.2, 0.25) is 5.02 Å². The molecule has 106 valence electrons. The van der Waals surface area contributed by atoms with Gasteiger partial charge < -0.3 is 15.5 Å². The molecule has 0 amide bonds. The van der Waals surface area contributed by atoms with E-state index in [1.54, 1.807) is 13.2 Å². The maximum atomic E-state index is 11.6. The molecule has 0 saturated carbocycles. The monoisotopic (exact) mass is 285 g/mol. The molecule has 0 aliphatic carbocycles. The Morgan fingerprint density at radius 2 is 2.21 bits per heavy atom. The van der Waals surface area contributed by atoms with Gasteiger partial charge in [0.2, 0.25) is 0 Å². The predicted octanol–water partition coefficient (Wildman–Crippen LogP) is 0.141. The highest BCUT2D eigenvalue weighted by Gasteiger charge is 2.09. The molecular formula is C12H20ClN5O. The zero-order chi connectivity index (χ0) is 13.7. The van der Waals surface area contributed by atoms with Crippen LogP contribution >= 0.6 is 11.6 Å². The van der Waals surface area contributed by atoms with Crippen molar-refractivity contribution in [1.82, 2.24) is 20.0 Å². The molecule has 0 atom stereocenters. The summed E-state index contributed by atoms with van der Waals surface area (Å²) in [6.45, 7) is 6.20. The predicted molar refractivity (Wildman–Crippen MR) is 76.9 cm³/mol. The van der Waals surface area contributed by atoms with Crippen molar-refractivity contribution in [2.75, 3.05) is 44.6 Å². The zero-order valence-corrected chi connectivity index (χ0v) is 11.9. The van der Waals surface area contributed by atoms with Crippen molar-refractivity contribution in [1.29, 1.82) is 0 Å². The first-order valence-electron chi connectivity index (χ1n) is 6.57. The van der Waals surface area contributed by atoms with Crippen LogP contribution in [0.4, 0.5) is 5.69 Å². The van der Waals surface area contributed by atoms with Crippen molar-refractivity contribution in [2.24, 2.45) is 7.05 Å². The van der Waals surface area contributed by atoms with E-state index in [0.717, 1.165) is 45.7 Å². The first-order valence-corrected chi connectivity index (χ1v) is 6.95. The fraction of sp³-hybridized carbons (Fsp3) is 0.667. The Morgan fingerprint density at radius 1 is 1.47 bits per heavy atom. The molecule has 0 aromatic carbocycles. The smallest absolute Gasteiger partial charge is 0.287 e. The van der Waals surface area contributed by atoms with Crippen LogP contribution in [0.1, 0.15) is 6.42 Å². The van der Waals surface area contributed by atoms with E-state index >= 15 is 0 Å². The van der Waals surface area contributed by atoms with Gasteiger partial charge >= 0.3 is 0 Å². The van der Waals surface area contributed by atoms with Gasteiger partial charge in [-0.3, -0.25) is 4.79 Å².